The van der Waals surface area contributed by atoms with E-state index in [1.54, 1.807) is 0 Å². The topological polar surface area (TPSA) is 15.3 Å². The molecule has 1 heterocycles. The number of benzene rings is 1. The molecule has 17 heavy (non-hydrogen) atoms. The highest BCUT2D eigenvalue weighted by Gasteiger charge is 2.34. The molecule has 0 amide bonds. The molecule has 3 rings (SSSR count). The standard InChI is InChI=1S/C15H22N2/c1-12-5-7-13(8-6-12)11-17-10-9-16-14-3-2-4-15(14)17/h5-8,14-16H,2-4,9-11H2,1H3/t14-,15+/m0/s1. The smallest absolute Gasteiger partial charge is 0.0253 e. The average Bonchev–Trinajstić information content (AvgIpc) is 2.81. The van der Waals surface area contributed by atoms with E-state index in [-0.39, 0.29) is 0 Å². The van der Waals surface area contributed by atoms with E-state index in [0.717, 1.165) is 25.2 Å². The Morgan fingerprint density at radius 2 is 2.06 bits per heavy atom. The van der Waals surface area contributed by atoms with Crippen LogP contribution in [0.4, 0.5) is 0 Å². The summed E-state index contributed by atoms with van der Waals surface area (Å²) in [5.74, 6) is 0. The number of nitrogens with one attached hydrogen (secondary N) is 1. The Morgan fingerprint density at radius 3 is 2.88 bits per heavy atom. The van der Waals surface area contributed by atoms with Crippen molar-refractivity contribution in [3.63, 3.8) is 0 Å². The molecule has 2 fully saturated rings. The van der Waals surface area contributed by atoms with E-state index in [9.17, 15) is 0 Å². The number of aryl methyl sites for hydroxylation is 1. The SMILES string of the molecule is Cc1ccc(CN2CCN[C@H]3CCC[C@H]32)cc1. The van der Waals surface area contributed by atoms with Crippen molar-refractivity contribution in [3.05, 3.63) is 35.4 Å². The van der Waals surface area contributed by atoms with Crippen molar-refractivity contribution in [2.75, 3.05) is 13.1 Å². The summed E-state index contributed by atoms with van der Waals surface area (Å²) in [7, 11) is 0. The minimum Gasteiger partial charge on any atom is -0.311 e. The summed E-state index contributed by atoms with van der Waals surface area (Å²) in [6, 6.07) is 10.6. The zero-order valence-corrected chi connectivity index (χ0v) is 10.7. The third kappa shape index (κ3) is 2.38. The molecule has 1 aliphatic heterocycles. The summed E-state index contributed by atoms with van der Waals surface area (Å²) in [4.78, 5) is 2.68. The average molecular weight is 230 g/mol. The van der Waals surface area contributed by atoms with Gasteiger partial charge in [-0.15, -0.1) is 0 Å². The van der Waals surface area contributed by atoms with Crippen LogP contribution in [0.1, 0.15) is 30.4 Å². The lowest BCUT2D eigenvalue weighted by molar-refractivity contribution is 0.129. The first-order chi connectivity index (χ1) is 8.33. The van der Waals surface area contributed by atoms with Gasteiger partial charge in [0, 0.05) is 31.7 Å². The van der Waals surface area contributed by atoms with Gasteiger partial charge < -0.3 is 5.32 Å². The second-order valence-electron chi connectivity index (χ2n) is 5.51. The van der Waals surface area contributed by atoms with Crippen LogP contribution in [0.2, 0.25) is 0 Å². The largest absolute Gasteiger partial charge is 0.311 e. The van der Waals surface area contributed by atoms with Gasteiger partial charge in [-0.3, -0.25) is 4.90 Å². The van der Waals surface area contributed by atoms with E-state index in [0.29, 0.717) is 0 Å². The lowest BCUT2D eigenvalue weighted by Gasteiger charge is -2.38. The number of hydrogen-bond acceptors (Lipinski definition) is 2. The van der Waals surface area contributed by atoms with Gasteiger partial charge in [-0.25, -0.2) is 0 Å². The minimum absolute atomic E-state index is 0.759. The van der Waals surface area contributed by atoms with Crippen LogP contribution in [-0.4, -0.2) is 30.1 Å². The molecule has 0 radical (unpaired) electrons. The Kier molecular flexibility index (Phi) is 3.17. The minimum atomic E-state index is 0.759. The molecule has 0 aromatic heterocycles. The van der Waals surface area contributed by atoms with E-state index in [1.807, 2.05) is 0 Å². The van der Waals surface area contributed by atoms with E-state index in [2.05, 4.69) is 41.4 Å². The normalized spacial score (nSPS) is 29.2. The number of fused-ring (bicyclic) bond motifs is 1. The fourth-order valence-electron chi connectivity index (χ4n) is 3.30. The highest BCUT2D eigenvalue weighted by atomic mass is 15.2. The van der Waals surface area contributed by atoms with Crippen molar-refractivity contribution in [1.29, 1.82) is 0 Å². The van der Waals surface area contributed by atoms with E-state index >= 15 is 0 Å². The lowest BCUT2D eigenvalue weighted by Crippen LogP contribution is -2.54. The first kappa shape index (κ1) is 11.2. The van der Waals surface area contributed by atoms with Crippen LogP contribution in [0.25, 0.3) is 0 Å². The summed E-state index contributed by atoms with van der Waals surface area (Å²) < 4.78 is 0. The second-order valence-corrected chi connectivity index (χ2v) is 5.51. The Bertz CT molecular complexity index is 371. The molecule has 0 bridgehead atoms. The van der Waals surface area contributed by atoms with E-state index < -0.39 is 0 Å². The molecule has 0 unspecified atom stereocenters. The maximum atomic E-state index is 3.66. The monoisotopic (exact) mass is 230 g/mol. The van der Waals surface area contributed by atoms with Gasteiger partial charge in [0.1, 0.15) is 0 Å². The van der Waals surface area contributed by atoms with Crippen molar-refractivity contribution in [1.82, 2.24) is 10.2 Å². The van der Waals surface area contributed by atoms with Crippen molar-refractivity contribution >= 4 is 0 Å². The van der Waals surface area contributed by atoms with Gasteiger partial charge >= 0.3 is 0 Å². The van der Waals surface area contributed by atoms with Gasteiger partial charge in [-0.05, 0) is 25.3 Å². The van der Waals surface area contributed by atoms with Gasteiger partial charge in [0.15, 0.2) is 0 Å². The Morgan fingerprint density at radius 1 is 1.24 bits per heavy atom. The van der Waals surface area contributed by atoms with Gasteiger partial charge in [0.05, 0.1) is 0 Å². The van der Waals surface area contributed by atoms with E-state index in [1.165, 1.54) is 36.9 Å². The third-order valence-corrected chi connectivity index (χ3v) is 4.26. The van der Waals surface area contributed by atoms with Gasteiger partial charge in [0.2, 0.25) is 0 Å². The Labute approximate surface area is 104 Å². The molecule has 0 spiro atoms. The van der Waals surface area contributed by atoms with Crippen molar-refractivity contribution in [3.8, 4) is 0 Å². The van der Waals surface area contributed by atoms with Crippen LogP contribution in [-0.2, 0) is 6.54 Å². The molecule has 1 aromatic carbocycles. The zero-order valence-electron chi connectivity index (χ0n) is 10.7. The maximum absolute atomic E-state index is 3.66. The van der Waals surface area contributed by atoms with Crippen LogP contribution in [0, 0.1) is 6.92 Å². The second kappa shape index (κ2) is 4.79. The number of rotatable bonds is 2. The Balaban J connectivity index is 1.69. The van der Waals surface area contributed by atoms with Crippen LogP contribution >= 0.6 is 0 Å². The maximum Gasteiger partial charge on any atom is 0.0253 e. The molecule has 1 N–H and O–H groups in total. The van der Waals surface area contributed by atoms with Crippen LogP contribution < -0.4 is 5.32 Å². The first-order valence-corrected chi connectivity index (χ1v) is 6.86. The number of hydrogen-bond donors (Lipinski definition) is 1. The van der Waals surface area contributed by atoms with Crippen LogP contribution in [0.5, 0.6) is 0 Å². The predicted molar refractivity (Wildman–Crippen MR) is 71.0 cm³/mol. The van der Waals surface area contributed by atoms with Gasteiger partial charge in [0.25, 0.3) is 0 Å². The fraction of sp³-hybridized carbons (Fsp3) is 0.600. The van der Waals surface area contributed by atoms with E-state index in [4.69, 9.17) is 0 Å². The number of nitrogens with zero attached hydrogens (tertiary/aromatic N) is 1. The molecule has 92 valence electrons. The summed E-state index contributed by atoms with van der Waals surface area (Å²) >= 11 is 0. The molecule has 2 aliphatic rings. The summed E-state index contributed by atoms with van der Waals surface area (Å²) in [6.07, 6.45) is 4.14. The van der Waals surface area contributed by atoms with Crippen LogP contribution in [0.3, 0.4) is 0 Å². The molecule has 2 atom stereocenters. The van der Waals surface area contributed by atoms with Gasteiger partial charge in [-0.2, -0.15) is 0 Å². The fourth-order valence-corrected chi connectivity index (χ4v) is 3.30. The van der Waals surface area contributed by atoms with Crippen LogP contribution in [0.15, 0.2) is 24.3 Å². The highest BCUT2D eigenvalue weighted by Crippen LogP contribution is 2.27. The van der Waals surface area contributed by atoms with Gasteiger partial charge in [-0.1, -0.05) is 36.2 Å². The first-order valence-electron chi connectivity index (χ1n) is 6.86. The molecular formula is C15H22N2. The predicted octanol–water partition coefficient (Wildman–Crippen LogP) is 2.32. The van der Waals surface area contributed by atoms with Crippen molar-refractivity contribution in [2.45, 2.75) is 44.8 Å². The molecule has 2 heteroatoms. The summed E-state index contributed by atoms with van der Waals surface area (Å²) in [6.45, 7) is 5.65. The molecule has 1 aliphatic carbocycles. The summed E-state index contributed by atoms with van der Waals surface area (Å²) in [5, 5.41) is 3.66. The Hall–Kier alpha value is -0.860. The quantitative estimate of drug-likeness (QED) is 0.839. The third-order valence-electron chi connectivity index (χ3n) is 4.26. The zero-order chi connectivity index (χ0) is 11.7. The molecule has 1 saturated heterocycles. The van der Waals surface area contributed by atoms with Crippen molar-refractivity contribution in [2.24, 2.45) is 0 Å². The number of piperazine rings is 1. The summed E-state index contributed by atoms with van der Waals surface area (Å²) in [5.41, 5.74) is 2.82. The molecular weight excluding hydrogens is 208 g/mol. The lowest BCUT2D eigenvalue weighted by atomic mass is 10.1. The highest BCUT2D eigenvalue weighted by molar-refractivity contribution is 5.21. The molecule has 1 saturated carbocycles. The molecule has 2 nitrogen and oxygen atoms in total. The van der Waals surface area contributed by atoms with Crippen molar-refractivity contribution < 1.29 is 0 Å². The molecule has 1 aromatic rings.